The molecule has 0 aliphatic carbocycles. The molecular weight excluding hydrogens is 443 g/mol. The summed E-state index contributed by atoms with van der Waals surface area (Å²) in [5.74, 6) is -1.57. The maximum absolute atomic E-state index is 12.6. The van der Waals surface area contributed by atoms with Crippen LogP contribution in [0.25, 0.3) is 10.6 Å². The molecule has 2 aromatic carbocycles. The average molecular weight is 456 g/mol. The number of carbonyl (C=O) groups is 2. The zero-order valence-electron chi connectivity index (χ0n) is 14.2. The van der Waals surface area contributed by atoms with Crippen molar-refractivity contribution in [3.8, 4) is 10.6 Å². The van der Waals surface area contributed by atoms with E-state index in [1.165, 1.54) is 17.4 Å². The third-order valence-corrected chi connectivity index (χ3v) is 5.52. The van der Waals surface area contributed by atoms with Crippen LogP contribution in [0.15, 0.2) is 47.8 Å². The Labute approximate surface area is 179 Å². The van der Waals surface area contributed by atoms with Crippen molar-refractivity contribution in [2.75, 3.05) is 0 Å². The third-order valence-electron chi connectivity index (χ3n) is 3.83. The molecule has 28 heavy (non-hydrogen) atoms. The zero-order chi connectivity index (χ0) is 20.3. The van der Waals surface area contributed by atoms with Crippen molar-refractivity contribution < 1.29 is 14.7 Å². The largest absolute Gasteiger partial charge is 0.481 e. The van der Waals surface area contributed by atoms with Gasteiger partial charge in [0.05, 0.1) is 12.5 Å². The standard InChI is InChI=1S/C19H13Cl3N2O3S/c20-11-3-1-2-10(6-11)19-24-16(9-28-19)18(27)23-15(8-17(25)26)13-5-4-12(21)7-14(13)22/h1-7,9,15H,8H2,(H,23,27)(H,25,26). The van der Waals surface area contributed by atoms with Crippen molar-refractivity contribution in [3.63, 3.8) is 0 Å². The molecule has 144 valence electrons. The molecule has 0 bridgehead atoms. The van der Waals surface area contributed by atoms with Gasteiger partial charge in [-0.1, -0.05) is 53.0 Å². The number of halogens is 3. The highest BCUT2D eigenvalue weighted by molar-refractivity contribution is 7.13. The molecule has 1 atom stereocenters. The monoisotopic (exact) mass is 454 g/mol. The number of thiazole rings is 1. The topological polar surface area (TPSA) is 79.3 Å². The summed E-state index contributed by atoms with van der Waals surface area (Å²) < 4.78 is 0. The highest BCUT2D eigenvalue weighted by atomic mass is 35.5. The number of aromatic nitrogens is 1. The van der Waals surface area contributed by atoms with Gasteiger partial charge in [-0.05, 0) is 29.8 Å². The molecule has 1 unspecified atom stereocenters. The molecule has 0 saturated carbocycles. The molecular formula is C19H13Cl3N2O3S. The van der Waals surface area contributed by atoms with Crippen molar-refractivity contribution in [2.24, 2.45) is 0 Å². The van der Waals surface area contributed by atoms with Crippen molar-refractivity contribution in [3.05, 3.63) is 74.2 Å². The fourth-order valence-corrected chi connectivity index (χ4v) is 4.09. The smallest absolute Gasteiger partial charge is 0.305 e. The Hall–Kier alpha value is -2.12. The number of carboxylic acid groups (broad SMARTS) is 1. The van der Waals surface area contributed by atoms with E-state index in [9.17, 15) is 14.7 Å². The molecule has 1 heterocycles. The molecule has 9 heteroatoms. The lowest BCUT2D eigenvalue weighted by molar-refractivity contribution is -0.137. The van der Waals surface area contributed by atoms with Crippen molar-refractivity contribution in [2.45, 2.75) is 12.5 Å². The molecule has 3 aromatic rings. The van der Waals surface area contributed by atoms with Crippen molar-refractivity contribution in [1.29, 1.82) is 0 Å². The lowest BCUT2D eigenvalue weighted by atomic mass is 10.0. The molecule has 0 aliphatic rings. The number of rotatable bonds is 6. The fraction of sp³-hybridized carbons (Fsp3) is 0.105. The van der Waals surface area contributed by atoms with E-state index in [1.54, 1.807) is 35.7 Å². The number of hydrogen-bond acceptors (Lipinski definition) is 4. The highest BCUT2D eigenvalue weighted by Crippen LogP contribution is 2.29. The van der Waals surface area contributed by atoms with Crippen LogP contribution >= 0.6 is 46.1 Å². The maximum Gasteiger partial charge on any atom is 0.305 e. The summed E-state index contributed by atoms with van der Waals surface area (Å²) in [6.07, 6.45) is -0.335. The minimum atomic E-state index is -1.07. The second kappa shape index (κ2) is 8.92. The molecule has 2 N–H and O–H groups in total. The first-order valence-corrected chi connectivity index (χ1v) is 10.0. The van der Waals surface area contributed by atoms with Crippen LogP contribution in [0.1, 0.15) is 28.5 Å². The summed E-state index contributed by atoms with van der Waals surface area (Å²) in [6, 6.07) is 11.0. The molecule has 3 rings (SSSR count). The van der Waals surface area contributed by atoms with E-state index in [4.69, 9.17) is 34.8 Å². The molecule has 0 aliphatic heterocycles. The Morgan fingerprint density at radius 3 is 2.54 bits per heavy atom. The van der Waals surface area contributed by atoms with Crippen LogP contribution in [-0.4, -0.2) is 22.0 Å². The van der Waals surface area contributed by atoms with Crippen LogP contribution < -0.4 is 5.32 Å². The van der Waals surface area contributed by atoms with Gasteiger partial charge in [0.15, 0.2) is 0 Å². The number of benzene rings is 2. The molecule has 1 aromatic heterocycles. The van der Waals surface area contributed by atoms with E-state index in [0.717, 1.165) is 5.56 Å². The summed E-state index contributed by atoms with van der Waals surface area (Å²) in [6.45, 7) is 0. The van der Waals surface area contributed by atoms with E-state index in [-0.39, 0.29) is 17.1 Å². The molecule has 0 fully saturated rings. The molecule has 1 amide bonds. The predicted molar refractivity (Wildman–Crippen MR) is 111 cm³/mol. The van der Waals surface area contributed by atoms with Gasteiger partial charge >= 0.3 is 5.97 Å². The summed E-state index contributed by atoms with van der Waals surface area (Å²) in [7, 11) is 0. The number of nitrogens with zero attached hydrogens (tertiary/aromatic N) is 1. The number of amides is 1. The Bertz CT molecular complexity index is 1040. The minimum absolute atomic E-state index is 0.181. The van der Waals surface area contributed by atoms with Crippen LogP contribution in [0, 0.1) is 0 Å². The van der Waals surface area contributed by atoms with Crippen LogP contribution in [0.5, 0.6) is 0 Å². The van der Waals surface area contributed by atoms with Gasteiger partial charge in [-0.3, -0.25) is 9.59 Å². The van der Waals surface area contributed by atoms with E-state index < -0.39 is 17.9 Å². The van der Waals surface area contributed by atoms with Gasteiger partial charge < -0.3 is 10.4 Å². The number of nitrogens with one attached hydrogen (secondary N) is 1. The Kier molecular flexibility index (Phi) is 6.57. The highest BCUT2D eigenvalue weighted by Gasteiger charge is 2.22. The van der Waals surface area contributed by atoms with Crippen LogP contribution in [0.3, 0.4) is 0 Å². The van der Waals surface area contributed by atoms with Gasteiger partial charge in [-0.25, -0.2) is 4.98 Å². The van der Waals surface area contributed by atoms with Crippen LogP contribution in [0.4, 0.5) is 0 Å². The fourth-order valence-electron chi connectivity index (χ4n) is 2.56. The molecule has 0 radical (unpaired) electrons. The second-order valence-corrected chi connectivity index (χ2v) is 7.98. The van der Waals surface area contributed by atoms with Crippen molar-refractivity contribution in [1.82, 2.24) is 10.3 Å². The quantitative estimate of drug-likeness (QED) is 0.498. The lowest BCUT2D eigenvalue weighted by Crippen LogP contribution is -2.30. The van der Waals surface area contributed by atoms with Crippen LogP contribution in [0.2, 0.25) is 15.1 Å². The first-order valence-electron chi connectivity index (χ1n) is 8.02. The van der Waals surface area contributed by atoms with Gasteiger partial charge in [0.1, 0.15) is 10.7 Å². The van der Waals surface area contributed by atoms with E-state index >= 15 is 0 Å². The van der Waals surface area contributed by atoms with Gasteiger partial charge in [0.25, 0.3) is 5.91 Å². The lowest BCUT2D eigenvalue weighted by Gasteiger charge is -2.18. The molecule has 5 nitrogen and oxygen atoms in total. The SMILES string of the molecule is O=C(O)CC(NC(=O)c1csc(-c2cccc(Cl)c2)n1)c1ccc(Cl)cc1Cl. The average Bonchev–Trinajstić information content (AvgIpc) is 3.11. The van der Waals surface area contributed by atoms with E-state index in [2.05, 4.69) is 10.3 Å². The zero-order valence-corrected chi connectivity index (χ0v) is 17.2. The number of aliphatic carboxylic acids is 1. The Balaban J connectivity index is 1.83. The predicted octanol–water partition coefficient (Wildman–Crippen LogP) is 5.72. The molecule has 0 saturated heterocycles. The Morgan fingerprint density at radius 1 is 1.11 bits per heavy atom. The van der Waals surface area contributed by atoms with E-state index in [1.807, 2.05) is 6.07 Å². The summed E-state index contributed by atoms with van der Waals surface area (Å²) in [5.41, 5.74) is 1.44. The normalized spacial score (nSPS) is 11.8. The summed E-state index contributed by atoms with van der Waals surface area (Å²) in [5, 5.41) is 15.4. The van der Waals surface area contributed by atoms with Crippen LogP contribution in [-0.2, 0) is 4.79 Å². The van der Waals surface area contributed by atoms with E-state index in [0.29, 0.717) is 20.6 Å². The first kappa shape index (κ1) is 20.6. The third kappa shape index (κ3) is 5.02. The van der Waals surface area contributed by atoms with Gasteiger partial charge in [0.2, 0.25) is 0 Å². The number of carbonyl (C=O) groups excluding carboxylic acids is 1. The maximum atomic E-state index is 12.6. The summed E-state index contributed by atoms with van der Waals surface area (Å²) in [4.78, 5) is 28.2. The Morgan fingerprint density at radius 2 is 1.86 bits per heavy atom. The summed E-state index contributed by atoms with van der Waals surface area (Å²) >= 11 is 19.4. The minimum Gasteiger partial charge on any atom is -0.481 e. The van der Waals surface area contributed by atoms with Gasteiger partial charge in [-0.2, -0.15) is 0 Å². The molecule has 0 spiro atoms. The van der Waals surface area contributed by atoms with Gasteiger partial charge in [-0.15, -0.1) is 11.3 Å². The van der Waals surface area contributed by atoms with Crippen molar-refractivity contribution >= 4 is 58.0 Å². The van der Waals surface area contributed by atoms with Gasteiger partial charge in [0, 0.05) is 26.0 Å². The number of carboxylic acids is 1. The number of hydrogen-bond donors (Lipinski definition) is 2. The second-order valence-electron chi connectivity index (χ2n) is 5.84. The first-order chi connectivity index (χ1) is 13.3.